The molecule has 0 amide bonds. The predicted molar refractivity (Wildman–Crippen MR) is 137 cm³/mol. The van der Waals surface area contributed by atoms with Gasteiger partial charge in [-0.05, 0) is 53.9 Å². The third kappa shape index (κ3) is 6.20. The molecule has 6 heteroatoms. The van der Waals surface area contributed by atoms with Gasteiger partial charge in [0.25, 0.3) is 0 Å². The Kier molecular flexibility index (Phi) is 7.91. The van der Waals surface area contributed by atoms with Gasteiger partial charge in [0, 0.05) is 12.4 Å². The zero-order valence-corrected chi connectivity index (χ0v) is 20.4. The monoisotopic (exact) mass is 473 g/mol. The van der Waals surface area contributed by atoms with Crippen molar-refractivity contribution in [3.8, 4) is 5.95 Å². The minimum atomic E-state index is -3.22. The molecule has 5 nitrogen and oxygen atoms in total. The van der Waals surface area contributed by atoms with Crippen molar-refractivity contribution in [2.75, 3.05) is 5.75 Å². The summed E-state index contributed by atoms with van der Waals surface area (Å²) >= 11 is 0. The fourth-order valence-corrected chi connectivity index (χ4v) is 5.23. The van der Waals surface area contributed by atoms with E-state index >= 15 is 0 Å². The first-order valence-electron chi connectivity index (χ1n) is 12.0. The zero-order chi connectivity index (χ0) is 23.8. The van der Waals surface area contributed by atoms with Crippen LogP contribution in [0.15, 0.2) is 78.0 Å². The summed E-state index contributed by atoms with van der Waals surface area (Å²) in [4.78, 5) is 9.51. The lowest BCUT2D eigenvalue weighted by Gasteiger charge is -2.05. The first-order chi connectivity index (χ1) is 16.5. The van der Waals surface area contributed by atoms with E-state index in [1.165, 1.54) is 19.3 Å². The van der Waals surface area contributed by atoms with E-state index in [1.54, 1.807) is 12.1 Å². The molecule has 2 aromatic carbocycles. The van der Waals surface area contributed by atoms with Crippen LogP contribution in [0.3, 0.4) is 0 Å². The summed E-state index contributed by atoms with van der Waals surface area (Å²) in [5.74, 6) is 0.871. The second-order valence-electron chi connectivity index (χ2n) is 8.54. The van der Waals surface area contributed by atoms with E-state index in [1.807, 2.05) is 77.6 Å². The van der Waals surface area contributed by atoms with Gasteiger partial charge in [0.05, 0.1) is 21.7 Å². The van der Waals surface area contributed by atoms with E-state index in [0.717, 1.165) is 41.4 Å². The van der Waals surface area contributed by atoms with Crippen molar-refractivity contribution in [1.29, 1.82) is 0 Å². The van der Waals surface area contributed by atoms with E-state index in [2.05, 4.69) is 16.9 Å². The largest absolute Gasteiger partial charge is 0.293 e. The van der Waals surface area contributed by atoms with Crippen LogP contribution in [-0.2, 0) is 9.84 Å². The van der Waals surface area contributed by atoms with Gasteiger partial charge >= 0.3 is 0 Å². The van der Waals surface area contributed by atoms with E-state index in [9.17, 15) is 8.42 Å². The highest BCUT2D eigenvalue weighted by molar-refractivity contribution is 7.91. The third-order valence-corrected chi connectivity index (χ3v) is 7.70. The first-order valence-corrected chi connectivity index (χ1v) is 13.6. The van der Waals surface area contributed by atoms with Gasteiger partial charge in [0.1, 0.15) is 0 Å². The fourth-order valence-electron chi connectivity index (χ4n) is 3.86. The lowest BCUT2D eigenvalue weighted by atomic mass is 10.1. The highest BCUT2D eigenvalue weighted by Crippen LogP contribution is 2.17. The summed E-state index contributed by atoms with van der Waals surface area (Å²) in [7, 11) is -3.22. The molecular formula is C28H31N3O2S. The molecule has 176 valence electrons. The molecular weight excluding hydrogens is 442 g/mol. The van der Waals surface area contributed by atoms with Gasteiger partial charge in [-0.25, -0.2) is 18.4 Å². The lowest BCUT2D eigenvalue weighted by molar-refractivity contribution is -0.603. The number of pyridine rings is 1. The summed E-state index contributed by atoms with van der Waals surface area (Å²) in [5.41, 5.74) is 3.76. The maximum Gasteiger partial charge on any atom is 0.234 e. The Hall–Kier alpha value is -3.25. The summed E-state index contributed by atoms with van der Waals surface area (Å²) in [6.07, 6.45) is 14.3. The van der Waals surface area contributed by atoms with E-state index in [4.69, 9.17) is 0 Å². The molecule has 0 atom stereocenters. The second kappa shape index (κ2) is 11.3. The summed E-state index contributed by atoms with van der Waals surface area (Å²) in [6.45, 7) is 2.18. The molecule has 0 radical (unpaired) electrons. The van der Waals surface area contributed by atoms with Crippen molar-refractivity contribution in [2.24, 2.45) is 0 Å². The lowest BCUT2D eigenvalue weighted by Crippen LogP contribution is -2.31. The molecule has 0 saturated carbocycles. The highest BCUT2D eigenvalue weighted by Gasteiger charge is 2.13. The molecule has 0 saturated heterocycles. The number of nitrogens with zero attached hydrogens (tertiary/aromatic N) is 3. The Morgan fingerprint density at radius 1 is 0.824 bits per heavy atom. The van der Waals surface area contributed by atoms with Crippen LogP contribution >= 0.6 is 0 Å². The van der Waals surface area contributed by atoms with Crippen molar-refractivity contribution in [3.63, 3.8) is 0 Å². The number of hydrogen-bond donors (Lipinski definition) is 0. The molecule has 0 aliphatic rings. The Bertz CT molecular complexity index is 1310. The molecule has 0 spiro atoms. The van der Waals surface area contributed by atoms with E-state index in [0.29, 0.717) is 10.8 Å². The fraction of sp³-hybridized carbons (Fsp3) is 0.286. The minimum absolute atomic E-state index is 0.223. The molecule has 0 aliphatic heterocycles. The molecule has 2 heterocycles. The van der Waals surface area contributed by atoms with Crippen molar-refractivity contribution in [2.45, 2.75) is 50.3 Å². The second-order valence-corrected chi connectivity index (χ2v) is 10.6. The van der Waals surface area contributed by atoms with Crippen LogP contribution < -0.4 is 9.55 Å². The number of rotatable bonds is 11. The summed E-state index contributed by atoms with van der Waals surface area (Å²) in [5, 5.41) is 0. The van der Waals surface area contributed by atoms with Gasteiger partial charge in [-0.3, -0.25) is 4.57 Å². The van der Waals surface area contributed by atoms with E-state index < -0.39 is 9.84 Å². The molecule has 0 N–H and O–H groups in total. The molecule has 4 rings (SSSR count). The molecule has 0 aliphatic carbocycles. The molecule has 34 heavy (non-hydrogen) atoms. The quantitative estimate of drug-likeness (QED) is 0.205. The number of para-hydroxylation sites is 2. The Morgan fingerprint density at radius 3 is 2.18 bits per heavy atom. The van der Waals surface area contributed by atoms with Gasteiger partial charge in [-0.2, -0.15) is 0 Å². The number of hydrogen-bond acceptors (Lipinski definition) is 3. The molecule has 0 fully saturated rings. The van der Waals surface area contributed by atoms with Gasteiger partial charge in [0.2, 0.25) is 5.95 Å². The average Bonchev–Trinajstić information content (AvgIpc) is 3.30. The average molecular weight is 474 g/mol. The zero-order valence-electron chi connectivity index (χ0n) is 19.6. The summed E-state index contributed by atoms with van der Waals surface area (Å²) < 4.78 is 27.1. The number of sulfone groups is 1. The van der Waals surface area contributed by atoms with Crippen LogP contribution in [-0.4, -0.2) is 19.2 Å². The Labute approximate surface area is 202 Å². The predicted octanol–water partition coefficient (Wildman–Crippen LogP) is 5.77. The van der Waals surface area contributed by atoms with Crippen LogP contribution in [0.1, 0.15) is 56.6 Å². The normalized spacial score (nSPS) is 12.0. The molecule has 4 aromatic rings. The van der Waals surface area contributed by atoms with Crippen molar-refractivity contribution >= 4 is 33.0 Å². The van der Waals surface area contributed by atoms with Crippen molar-refractivity contribution in [3.05, 3.63) is 84.2 Å². The highest BCUT2D eigenvalue weighted by atomic mass is 32.2. The maximum absolute atomic E-state index is 12.6. The molecule has 0 unspecified atom stereocenters. The number of fused-ring (bicyclic) bond motifs is 1. The Morgan fingerprint density at radius 2 is 1.47 bits per heavy atom. The minimum Gasteiger partial charge on any atom is -0.293 e. The van der Waals surface area contributed by atoms with Gasteiger partial charge in [-0.15, -0.1) is 0 Å². The molecule has 0 bridgehead atoms. The van der Waals surface area contributed by atoms with Gasteiger partial charge < -0.3 is 0 Å². The smallest absolute Gasteiger partial charge is 0.234 e. The van der Waals surface area contributed by atoms with Crippen LogP contribution in [0, 0.1) is 0 Å². The summed E-state index contributed by atoms with van der Waals surface area (Å²) in [6, 6.07) is 18.9. The maximum atomic E-state index is 12.6. The van der Waals surface area contributed by atoms with Crippen molar-refractivity contribution in [1.82, 2.24) is 9.97 Å². The number of unbranched alkanes of at least 4 members (excludes halogenated alkanes) is 5. The number of aromatic nitrogens is 3. The first kappa shape index (κ1) is 23.9. The standard InChI is InChI=1S/C28H31N3O2S/c1-2-3-4-5-6-9-22-34(32,33)25-16-14-23(15-17-25)12-13-24-18-20-31(21-19-24)28-29-26-10-7-8-11-27(26)30-28/h7-8,10-21H,2-6,9,22H2,1H3/b13-12+. The van der Waals surface area contributed by atoms with Gasteiger partial charge in [-0.1, -0.05) is 75.4 Å². The van der Waals surface area contributed by atoms with E-state index in [-0.39, 0.29) is 5.75 Å². The van der Waals surface area contributed by atoms with Crippen LogP contribution in [0.4, 0.5) is 0 Å². The number of benzene rings is 2. The van der Waals surface area contributed by atoms with Crippen molar-refractivity contribution < 1.29 is 13.0 Å². The number of imidazole rings is 1. The molecule has 2 aromatic heterocycles. The van der Waals surface area contributed by atoms with Crippen LogP contribution in [0.2, 0.25) is 0 Å². The Balaban J connectivity index is 1.34. The topological polar surface area (TPSA) is 65.0 Å². The van der Waals surface area contributed by atoms with Crippen LogP contribution in [0.25, 0.3) is 29.1 Å². The van der Waals surface area contributed by atoms with Gasteiger partial charge in [0.15, 0.2) is 9.84 Å². The third-order valence-electron chi connectivity index (χ3n) is 5.88. The van der Waals surface area contributed by atoms with Crippen LogP contribution in [0.5, 0.6) is 0 Å². The SMILES string of the molecule is CCCCCCCCS(=O)(=O)c1ccc(/C=C/c2cc[n+](-c3nc4ccccc4[n-]3)cc2)cc1.